The summed E-state index contributed by atoms with van der Waals surface area (Å²) in [7, 11) is 0. The Hall–Kier alpha value is -2.95. The van der Waals surface area contributed by atoms with Crippen molar-refractivity contribution in [1.29, 1.82) is 0 Å². The van der Waals surface area contributed by atoms with Gasteiger partial charge in [-0.3, -0.25) is 9.59 Å². The molecule has 148 valence electrons. The number of hydrogen-bond donors (Lipinski definition) is 1. The number of aryl methyl sites for hydroxylation is 2. The number of hydrogen-bond acceptors (Lipinski definition) is 4. The zero-order chi connectivity index (χ0) is 20.8. The van der Waals surface area contributed by atoms with E-state index in [0.29, 0.717) is 5.56 Å². The Balaban J connectivity index is 2.17. The van der Waals surface area contributed by atoms with Gasteiger partial charge in [-0.15, -0.1) is 0 Å². The van der Waals surface area contributed by atoms with Gasteiger partial charge in [0.1, 0.15) is 0 Å². The van der Waals surface area contributed by atoms with Crippen LogP contribution in [0, 0.1) is 19.8 Å². The Morgan fingerprint density at radius 1 is 0.929 bits per heavy atom. The van der Waals surface area contributed by atoms with Gasteiger partial charge in [-0.1, -0.05) is 49.7 Å². The number of benzene rings is 2. The number of carbonyl (C=O) groups excluding carboxylic acids is 3. The second-order valence-corrected chi connectivity index (χ2v) is 7.37. The minimum absolute atomic E-state index is 0.0237. The maximum atomic E-state index is 13.0. The van der Waals surface area contributed by atoms with Crippen molar-refractivity contribution < 1.29 is 19.1 Å². The Bertz CT molecular complexity index is 886. The van der Waals surface area contributed by atoms with Crippen molar-refractivity contribution in [3.8, 4) is 0 Å². The van der Waals surface area contributed by atoms with Crippen LogP contribution in [-0.2, 0) is 9.53 Å². The Morgan fingerprint density at radius 3 is 2.21 bits per heavy atom. The molecule has 1 atom stereocenters. The molecule has 2 rings (SSSR count). The summed E-state index contributed by atoms with van der Waals surface area (Å²) in [5, 5.41) is 2.78. The molecule has 1 amide bonds. The van der Waals surface area contributed by atoms with Gasteiger partial charge >= 0.3 is 5.97 Å². The SMILES string of the molecule is Cc1ccc(C)c(C(=O)c2ccccc2C(=O)OCC(=O)N[C@@H](C)C(C)C)c1. The zero-order valence-corrected chi connectivity index (χ0v) is 17.0. The number of esters is 1. The van der Waals surface area contributed by atoms with Crippen molar-refractivity contribution in [1.82, 2.24) is 5.32 Å². The van der Waals surface area contributed by atoms with Gasteiger partial charge in [0.25, 0.3) is 5.91 Å². The molecular formula is C23H27NO4. The summed E-state index contributed by atoms with van der Waals surface area (Å²) in [6.45, 7) is 9.25. The van der Waals surface area contributed by atoms with E-state index in [0.717, 1.165) is 11.1 Å². The first-order valence-electron chi connectivity index (χ1n) is 9.38. The van der Waals surface area contributed by atoms with Crippen LogP contribution >= 0.6 is 0 Å². The van der Waals surface area contributed by atoms with Gasteiger partial charge in [-0.05, 0) is 44.4 Å². The highest BCUT2D eigenvalue weighted by atomic mass is 16.5. The van der Waals surface area contributed by atoms with Gasteiger partial charge in [0.05, 0.1) is 5.56 Å². The van der Waals surface area contributed by atoms with E-state index in [2.05, 4.69) is 5.32 Å². The van der Waals surface area contributed by atoms with Crippen molar-refractivity contribution in [2.24, 2.45) is 5.92 Å². The van der Waals surface area contributed by atoms with Gasteiger partial charge in [0, 0.05) is 17.2 Å². The molecule has 5 heteroatoms. The van der Waals surface area contributed by atoms with Crippen molar-refractivity contribution >= 4 is 17.7 Å². The lowest BCUT2D eigenvalue weighted by Gasteiger charge is -2.17. The highest BCUT2D eigenvalue weighted by molar-refractivity contribution is 6.15. The number of rotatable bonds is 7. The molecule has 0 radical (unpaired) electrons. The molecular weight excluding hydrogens is 354 g/mol. The predicted octanol–water partition coefficient (Wildman–Crippen LogP) is 3.85. The Morgan fingerprint density at radius 2 is 1.57 bits per heavy atom. The van der Waals surface area contributed by atoms with E-state index in [1.165, 1.54) is 6.07 Å². The van der Waals surface area contributed by atoms with E-state index >= 15 is 0 Å². The minimum Gasteiger partial charge on any atom is -0.452 e. The highest BCUT2D eigenvalue weighted by Crippen LogP contribution is 2.19. The maximum absolute atomic E-state index is 13.0. The van der Waals surface area contributed by atoms with Crippen LogP contribution in [0.25, 0.3) is 0 Å². The van der Waals surface area contributed by atoms with Crippen LogP contribution < -0.4 is 5.32 Å². The molecule has 0 unspecified atom stereocenters. The molecule has 0 aliphatic carbocycles. The second-order valence-electron chi connectivity index (χ2n) is 7.37. The molecule has 0 aliphatic rings. The van der Waals surface area contributed by atoms with Crippen LogP contribution in [0.4, 0.5) is 0 Å². The van der Waals surface area contributed by atoms with Crippen LogP contribution in [0.5, 0.6) is 0 Å². The fraction of sp³-hybridized carbons (Fsp3) is 0.348. The van der Waals surface area contributed by atoms with Crippen molar-refractivity contribution in [2.45, 2.75) is 40.7 Å². The summed E-state index contributed by atoms with van der Waals surface area (Å²) < 4.78 is 5.15. The van der Waals surface area contributed by atoms with Gasteiger partial charge in [-0.25, -0.2) is 4.79 Å². The van der Waals surface area contributed by atoms with Crippen LogP contribution in [0.15, 0.2) is 42.5 Å². The lowest BCUT2D eigenvalue weighted by molar-refractivity contribution is -0.125. The first-order valence-corrected chi connectivity index (χ1v) is 9.38. The van der Waals surface area contributed by atoms with Crippen LogP contribution in [-0.4, -0.2) is 30.3 Å². The molecule has 1 N–H and O–H groups in total. The molecule has 2 aromatic carbocycles. The lowest BCUT2D eigenvalue weighted by Crippen LogP contribution is -2.38. The summed E-state index contributed by atoms with van der Waals surface area (Å²) in [4.78, 5) is 37.5. The number of ketones is 1. The third-order valence-electron chi connectivity index (χ3n) is 4.75. The van der Waals surface area contributed by atoms with E-state index in [1.54, 1.807) is 24.3 Å². The third kappa shape index (κ3) is 5.28. The number of ether oxygens (including phenoxy) is 1. The van der Waals surface area contributed by atoms with Crippen LogP contribution in [0.1, 0.15) is 58.2 Å². The highest BCUT2D eigenvalue weighted by Gasteiger charge is 2.21. The molecule has 0 aliphatic heterocycles. The molecule has 0 saturated carbocycles. The van der Waals surface area contributed by atoms with Crippen LogP contribution in [0.2, 0.25) is 0 Å². The molecule has 0 fully saturated rings. The van der Waals surface area contributed by atoms with Gasteiger partial charge in [-0.2, -0.15) is 0 Å². The van der Waals surface area contributed by atoms with E-state index in [1.807, 2.05) is 46.8 Å². The molecule has 28 heavy (non-hydrogen) atoms. The topological polar surface area (TPSA) is 72.5 Å². The van der Waals surface area contributed by atoms with Crippen molar-refractivity contribution in [2.75, 3.05) is 6.61 Å². The van der Waals surface area contributed by atoms with E-state index in [9.17, 15) is 14.4 Å². The summed E-state index contributed by atoms with van der Waals surface area (Å²) in [6, 6.07) is 12.1. The number of amides is 1. The smallest absolute Gasteiger partial charge is 0.339 e. The summed E-state index contributed by atoms with van der Waals surface area (Å²) >= 11 is 0. The summed E-state index contributed by atoms with van der Waals surface area (Å²) in [5.74, 6) is -1.03. The van der Waals surface area contributed by atoms with E-state index in [-0.39, 0.29) is 41.4 Å². The normalized spacial score (nSPS) is 11.8. The number of carbonyl (C=O) groups is 3. The first kappa shape index (κ1) is 21.4. The Kier molecular flexibility index (Phi) is 7.10. The van der Waals surface area contributed by atoms with Gasteiger partial charge in [0.15, 0.2) is 12.4 Å². The predicted molar refractivity (Wildman–Crippen MR) is 109 cm³/mol. The second kappa shape index (κ2) is 9.31. The Labute approximate surface area is 166 Å². The van der Waals surface area contributed by atoms with Gasteiger partial charge < -0.3 is 10.1 Å². The summed E-state index contributed by atoms with van der Waals surface area (Å²) in [6.07, 6.45) is 0. The fourth-order valence-electron chi connectivity index (χ4n) is 2.66. The van der Waals surface area contributed by atoms with Crippen molar-refractivity contribution in [3.63, 3.8) is 0 Å². The average Bonchev–Trinajstić information content (AvgIpc) is 2.67. The molecule has 0 bridgehead atoms. The van der Waals surface area contributed by atoms with Crippen molar-refractivity contribution in [3.05, 3.63) is 70.3 Å². The van der Waals surface area contributed by atoms with E-state index in [4.69, 9.17) is 4.74 Å². The molecule has 5 nitrogen and oxygen atoms in total. The lowest BCUT2D eigenvalue weighted by atomic mass is 9.94. The number of nitrogens with one attached hydrogen (secondary N) is 1. The summed E-state index contributed by atoms with van der Waals surface area (Å²) in [5.41, 5.74) is 2.75. The maximum Gasteiger partial charge on any atom is 0.339 e. The van der Waals surface area contributed by atoms with Gasteiger partial charge in [0.2, 0.25) is 0 Å². The molecule has 0 spiro atoms. The molecule has 0 heterocycles. The van der Waals surface area contributed by atoms with E-state index < -0.39 is 5.97 Å². The average molecular weight is 381 g/mol. The van der Waals surface area contributed by atoms with Crippen LogP contribution in [0.3, 0.4) is 0 Å². The quantitative estimate of drug-likeness (QED) is 0.584. The standard InChI is InChI=1S/C23H27NO4/c1-14(2)17(5)24-21(25)13-28-23(27)19-9-7-6-8-18(19)22(26)20-12-15(3)10-11-16(20)4/h6-12,14,17H,13H2,1-5H3,(H,24,25)/t17-/m0/s1. The first-order chi connectivity index (χ1) is 13.2. The monoisotopic (exact) mass is 381 g/mol. The minimum atomic E-state index is -0.693. The molecule has 0 aromatic heterocycles. The zero-order valence-electron chi connectivity index (χ0n) is 17.0. The third-order valence-corrected chi connectivity index (χ3v) is 4.75. The molecule has 0 saturated heterocycles. The molecule has 2 aromatic rings. The largest absolute Gasteiger partial charge is 0.452 e. The fourth-order valence-corrected chi connectivity index (χ4v) is 2.66.